The summed E-state index contributed by atoms with van der Waals surface area (Å²) >= 11 is 0. The standard InChI is InChI=1S/C12H11NO2/c1-9(14)8-13-7-6-12(15)10-4-2-3-5-11(10)13/h2-7H,8H2,1H3. The van der Waals surface area contributed by atoms with Crippen molar-refractivity contribution in [3.8, 4) is 0 Å². The van der Waals surface area contributed by atoms with E-state index in [2.05, 4.69) is 0 Å². The van der Waals surface area contributed by atoms with Gasteiger partial charge in [0.1, 0.15) is 5.78 Å². The molecule has 0 amide bonds. The molecule has 2 aromatic rings. The number of carbonyl (C=O) groups excluding carboxylic acids is 1. The summed E-state index contributed by atoms with van der Waals surface area (Å²) in [6, 6.07) is 8.79. The van der Waals surface area contributed by atoms with Crippen molar-refractivity contribution in [3.63, 3.8) is 0 Å². The number of pyridine rings is 1. The molecular formula is C12H11NO2. The van der Waals surface area contributed by atoms with Crippen LogP contribution in [0.5, 0.6) is 0 Å². The second-order valence-corrected chi connectivity index (χ2v) is 3.53. The number of hydrogen-bond donors (Lipinski definition) is 0. The number of Topliss-reactive ketones (excluding diaryl/α,β-unsaturated/α-hetero) is 1. The van der Waals surface area contributed by atoms with Crippen LogP contribution in [-0.4, -0.2) is 10.4 Å². The lowest BCUT2D eigenvalue weighted by atomic mass is 10.2. The maximum Gasteiger partial charge on any atom is 0.189 e. The Hall–Kier alpha value is -1.90. The molecule has 0 radical (unpaired) electrons. The predicted octanol–water partition coefficient (Wildman–Crippen LogP) is 1.59. The van der Waals surface area contributed by atoms with Crippen molar-refractivity contribution in [1.82, 2.24) is 4.57 Å². The van der Waals surface area contributed by atoms with E-state index in [1.807, 2.05) is 18.2 Å². The third-order valence-corrected chi connectivity index (χ3v) is 2.28. The van der Waals surface area contributed by atoms with Crippen molar-refractivity contribution >= 4 is 16.7 Å². The largest absolute Gasteiger partial charge is 0.340 e. The van der Waals surface area contributed by atoms with Crippen molar-refractivity contribution in [3.05, 3.63) is 46.8 Å². The maximum atomic E-state index is 11.5. The van der Waals surface area contributed by atoms with E-state index in [0.29, 0.717) is 11.9 Å². The zero-order valence-corrected chi connectivity index (χ0v) is 8.43. The lowest BCUT2D eigenvalue weighted by Gasteiger charge is -2.07. The lowest BCUT2D eigenvalue weighted by molar-refractivity contribution is -0.117. The summed E-state index contributed by atoms with van der Waals surface area (Å²) in [6.45, 7) is 1.84. The zero-order chi connectivity index (χ0) is 10.8. The highest BCUT2D eigenvalue weighted by atomic mass is 16.1. The smallest absolute Gasteiger partial charge is 0.189 e. The van der Waals surface area contributed by atoms with Gasteiger partial charge in [0, 0.05) is 17.6 Å². The number of ketones is 1. The Balaban J connectivity index is 2.71. The van der Waals surface area contributed by atoms with E-state index >= 15 is 0 Å². The predicted molar refractivity (Wildman–Crippen MR) is 58.9 cm³/mol. The Labute approximate surface area is 87.0 Å². The highest BCUT2D eigenvalue weighted by Gasteiger charge is 2.02. The molecule has 0 unspecified atom stereocenters. The highest BCUT2D eigenvalue weighted by molar-refractivity contribution is 5.81. The second-order valence-electron chi connectivity index (χ2n) is 3.53. The SMILES string of the molecule is CC(=O)Cn1ccc(=O)c2ccccc21. The fraction of sp³-hybridized carbons (Fsp3) is 0.167. The highest BCUT2D eigenvalue weighted by Crippen LogP contribution is 2.08. The molecule has 0 aliphatic rings. The van der Waals surface area contributed by atoms with Crippen LogP contribution in [0.1, 0.15) is 6.92 Å². The molecule has 0 spiro atoms. The van der Waals surface area contributed by atoms with E-state index < -0.39 is 0 Å². The first-order chi connectivity index (χ1) is 7.18. The number of hydrogen-bond acceptors (Lipinski definition) is 2. The van der Waals surface area contributed by atoms with Crippen LogP contribution in [0.2, 0.25) is 0 Å². The van der Waals surface area contributed by atoms with Gasteiger partial charge in [0.2, 0.25) is 0 Å². The minimum atomic E-state index is -0.00889. The summed E-state index contributed by atoms with van der Waals surface area (Å²) < 4.78 is 1.79. The lowest BCUT2D eigenvalue weighted by Crippen LogP contribution is -2.11. The van der Waals surface area contributed by atoms with Gasteiger partial charge in [-0.25, -0.2) is 0 Å². The van der Waals surface area contributed by atoms with E-state index in [1.165, 1.54) is 13.0 Å². The van der Waals surface area contributed by atoms with Gasteiger partial charge in [0.25, 0.3) is 0 Å². The molecule has 0 bridgehead atoms. The van der Waals surface area contributed by atoms with Crippen LogP contribution >= 0.6 is 0 Å². The van der Waals surface area contributed by atoms with Crippen molar-refractivity contribution < 1.29 is 4.79 Å². The summed E-state index contributed by atoms with van der Waals surface area (Å²) in [6.07, 6.45) is 1.66. The Morgan fingerprint density at radius 1 is 1.27 bits per heavy atom. The van der Waals surface area contributed by atoms with Gasteiger partial charge in [-0.15, -0.1) is 0 Å². The molecule has 15 heavy (non-hydrogen) atoms. The summed E-state index contributed by atoms with van der Waals surface area (Å²) in [5, 5.41) is 0.654. The molecule has 76 valence electrons. The molecule has 2 rings (SSSR count). The number of benzene rings is 1. The van der Waals surface area contributed by atoms with Gasteiger partial charge >= 0.3 is 0 Å². The Morgan fingerprint density at radius 3 is 2.73 bits per heavy atom. The van der Waals surface area contributed by atoms with Gasteiger partial charge in [-0.1, -0.05) is 12.1 Å². The molecule has 0 aliphatic carbocycles. The van der Waals surface area contributed by atoms with Gasteiger partial charge in [0.15, 0.2) is 5.43 Å². The number of rotatable bonds is 2. The Morgan fingerprint density at radius 2 is 2.00 bits per heavy atom. The molecule has 0 saturated carbocycles. The molecule has 1 heterocycles. The average molecular weight is 201 g/mol. The third kappa shape index (κ3) is 1.81. The van der Waals surface area contributed by atoms with Crippen molar-refractivity contribution in [1.29, 1.82) is 0 Å². The van der Waals surface area contributed by atoms with E-state index in [-0.39, 0.29) is 11.2 Å². The first-order valence-corrected chi connectivity index (χ1v) is 4.76. The summed E-state index contributed by atoms with van der Waals surface area (Å²) in [5.74, 6) is 0.0730. The topological polar surface area (TPSA) is 39.1 Å². The minimum absolute atomic E-state index is 0.00889. The first kappa shape index (κ1) is 9.65. The van der Waals surface area contributed by atoms with E-state index in [1.54, 1.807) is 16.8 Å². The molecule has 1 aromatic heterocycles. The van der Waals surface area contributed by atoms with Gasteiger partial charge in [-0.05, 0) is 19.1 Å². The van der Waals surface area contributed by atoms with Crippen LogP contribution in [0, 0.1) is 0 Å². The van der Waals surface area contributed by atoms with Gasteiger partial charge in [-0.3, -0.25) is 9.59 Å². The molecule has 1 aromatic carbocycles. The van der Waals surface area contributed by atoms with Crippen LogP contribution in [0.15, 0.2) is 41.3 Å². The van der Waals surface area contributed by atoms with Crippen LogP contribution < -0.4 is 5.43 Å². The van der Waals surface area contributed by atoms with Gasteiger partial charge in [-0.2, -0.15) is 0 Å². The van der Waals surface area contributed by atoms with E-state index in [9.17, 15) is 9.59 Å². The Bertz CT molecular complexity index is 569. The molecule has 0 atom stereocenters. The van der Waals surface area contributed by atoms with E-state index in [0.717, 1.165) is 5.52 Å². The number of para-hydroxylation sites is 1. The number of carbonyl (C=O) groups is 1. The molecule has 3 heteroatoms. The molecular weight excluding hydrogens is 190 g/mol. The average Bonchev–Trinajstić information content (AvgIpc) is 2.22. The minimum Gasteiger partial charge on any atom is -0.340 e. The maximum absolute atomic E-state index is 11.5. The first-order valence-electron chi connectivity index (χ1n) is 4.76. The van der Waals surface area contributed by atoms with Crippen LogP contribution in [0.3, 0.4) is 0 Å². The fourth-order valence-electron chi connectivity index (χ4n) is 1.64. The van der Waals surface area contributed by atoms with Crippen LogP contribution in [0.25, 0.3) is 10.9 Å². The number of aromatic nitrogens is 1. The monoisotopic (exact) mass is 201 g/mol. The third-order valence-electron chi connectivity index (χ3n) is 2.28. The van der Waals surface area contributed by atoms with Crippen molar-refractivity contribution in [2.75, 3.05) is 0 Å². The number of fused-ring (bicyclic) bond motifs is 1. The summed E-state index contributed by atoms with van der Waals surface area (Å²) in [4.78, 5) is 22.6. The molecule has 0 aliphatic heterocycles. The number of nitrogens with zero attached hydrogens (tertiary/aromatic N) is 1. The molecule has 0 N–H and O–H groups in total. The Kier molecular flexibility index (Phi) is 2.37. The molecule has 0 saturated heterocycles. The quantitative estimate of drug-likeness (QED) is 0.740. The van der Waals surface area contributed by atoms with Gasteiger partial charge < -0.3 is 4.57 Å². The molecule has 0 fully saturated rings. The summed E-state index contributed by atoms with van der Waals surface area (Å²) in [5.41, 5.74) is 0.797. The molecule has 3 nitrogen and oxygen atoms in total. The van der Waals surface area contributed by atoms with Crippen molar-refractivity contribution in [2.45, 2.75) is 13.5 Å². The normalized spacial score (nSPS) is 10.5. The van der Waals surface area contributed by atoms with E-state index in [4.69, 9.17) is 0 Å². The fourth-order valence-corrected chi connectivity index (χ4v) is 1.64. The van der Waals surface area contributed by atoms with Gasteiger partial charge in [0.05, 0.1) is 12.1 Å². The van der Waals surface area contributed by atoms with Crippen LogP contribution in [0.4, 0.5) is 0 Å². The zero-order valence-electron chi connectivity index (χ0n) is 8.43. The van der Waals surface area contributed by atoms with Crippen LogP contribution in [-0.2, 0) is 11.3 Å². The summed E-state index contributed by atoms with van der Waals surface area (Å²) in [7, 11) is 0. The van der Waals surface area contributed by atoms with Crippen molar-refractivity contribution in [2.24, 2.45) is 0 Å². The second kappa shape index (κ2) is 3.69.